The number of carbonyl (C=O) groups excluding carboxylic acids is 1. The standard InChI is InChI=1S/C22H18BrNO2/c23-19-9-11-20(12-10-19)24-22(25)15-8-17-6-13-21(14-7-17)26-16-18-4-2-1-3-5-18/h1-15H,16H2,(H,24,25)/b15-8+. The first-order valence-corrected chi connectivity index (χ1v) is 9.00. The van der Waals surface area contributed by atoms with E-state index in [0.29, 0.717) is 6.61 Å². The van der Waals surface area contributed by atoms with Gasteiger partial charge in [0.1, 0.15) is 12.4 Å². The van der Waals surface area contributed by atoms with E-state index in [1.807, 2.05) is 78.9 Å². The Morgan fingerprint density at radius 3 is 2.31 bits per heavy atom. The number of ether oxygens (including phenoxy) is 1. The fourth-order valence-corrected chi connectivity index (χ4v) is 2.57. The van der Waals surface area contributed by atoms with Gasteiger partial charge in [0.05, 0.1) is 0 Å². The Labute approximate surface area is 161 Å². The summed E-state index contributed by atoms with van der Waals surface area (Å²) in [5.41, 5.74) is 2.82. The number of hydrogen-bond acceptors (Lipinski definition) is 2. The third-order valence-electron chi connectivity index (χ3n) is 3.67. The van der Waals surface area contributed by atoms with E-state index in [1.165, 1.54) is 6.08 Å². The maximum Gasteiger partial charge on any atom is 0.248 e. The first-order chi connectivity index (χ1) is 12.7. The zero-order valence-corrected chi connectivity index (χ0v) is 15.6. The topological polar surface area (TPSA) is 38.3 Å². The Bertz CT molecular complexity index is 872. The molecule has 0 spiro atoms. The zero-order chi connectivity index (χ0) is 18.2. The Hall–Kier alpha value is -2.85. The number of nitrogens with one attached hydrogen (secondary N) is 1. The number of halogens is 1. The summed E-state index contributed by atoms with van der Waals surface area (Å²) in [4.78, 5) is 12.0. The normalized spacial score (nSPS) is 10.7. The SMILES string of the molecule is O=C(/C=C/c1ccc(OCc2ccccc2)cc1)Nc1ccc(Br)cc1. The molecule has 0 aliphatic carbocycles. The number of hydrogen-bond donors (Lipinski definition) is 1. The summed E-state index contributed by atoms with van der Waals surface area (Å²) in [5, 5.41) is 2.82. The van der Waals surface area contributed by atoms with E-state index >= 15 is 0 Å². The van der Waals surface area contributed by atoms with Crippen molar-refractivity contribution in [3.05, 3.63) is 101 Å². The smallest absolute Gasteiger partial charge is 0.248 e. The van der Waals surface area contributed by atoms with Crippen molar-refractivity contribution < 1.29 is 9.53 Å². The summed E-state index contributed by atoms with van der Waals surface area (Å²) in [6.45, 7) is 0.533. The van der Waals surface area contributed by atoms with Gasteiger partial charge in [-0.25, -0.2) is 0 Å². The van der Waals surface area contributed by atoms with Gasteiger partial charge in [0, 0.05) is 16.2 Å². The van der Waals surface area contributed by atoms with E-state index in [4.69, 9.17) is 4.74 Å². The van der Waals surface area contributed by atoms with Crippen molar-refractivity contribution >= 4 is 33.6 Å². The predicted octanol–water partition coefficient (Wildman–Crippen LogP) is 5.68. The quantitative estimate of drug-likeness (QED) is 0.533. The van der Waals surface area contributed by atoms with Crippen LogP contribution in [0.25, 0.3) is 6.08 Å². The first-order valence-electron chi connectivity index (χ1n) is 8.20. The van der Waals surface area contributed by atoms with Crippen LogP contribution in [0.15, 0.2) is 89.4 Å². The minimum Gasteiger partial charge on any atom is -0.489 e. The van der Waals surface area contributed by atoms with Gasteiger partial charge in [-0.2, -0.15) is 0 Å². The molecule has 0 heterocycles. The van der Waals surface area contributed by atoms with Crippen LogP contribution in [0.2, 0.25) is 0 Å². The summed E-state index contributed by atoms with van der Waals surface area (Å²) in [6, 6.07) is 25.1. The molecule has 0 atom stereocenters. The molecule has 0 aromatic heterocycles. The molecule has 1 amide bonds. The van der Waals surface area contributed by atoms with Gasteiger partial charge in [0.15, 0.2) is 0 Å². The molecule has 3 rings (SSSR count). The van der Waals surface area contributed by atoms with Gasteiger partial charge in [-0.05, 0) is 53.6 Å². The summed E-state index contributed by atoms with van der Waals surface area (Å²) < 4.78 is 6.73. The average Bonchev–Trinajstić information content (AvgIpc) is 2.68. The van der Waals surface area contributed by atoms with Crippen LogP contribution in [0.3, 0.4) is 0 Å². The van der Waals surface area contributed by atoms with E-state index in [9.17, 15) is 4.79 Å². The second-order valence-corrected chi connectivity index (χ2v) is 6.59. The summed E-state index contributed by atoms with van der Waals surface area (Å²) >= 11 is 3.37. The molecule has 0 fully saturated rings. The molecule has 0 radical (unpaired) electrons. The molecule has 4 heteroatoms. The van der Waals surface area contributed by atoms with Crippen LogP contribution in [-0.2, 0) is 11.4 Å². The van der Waals surface area contributed by atoms with Crippen LogP contribution in [0.1, 0.15) is 11.1 Å². The van der Waals surface area contributed by atoms with Gasteiger partial charge in [-0.15, -0.1) is 0 Å². The van der Waals surface area contributed by atoms with Crippen LogP contribution in [0.4, 0.5) is 5.69 Å². The van der Waals surface area contributed by atoms with Crippen molar-refractivity contribution in [2.24, 2.45) is 0 Å². The molecular weight excluding hydrogens is 390 g/mol. The van der Waals surface area contributed by atoms with Crippen molar-refractivity contribution in [1.29, 1.82) is 0 Å². The predicted molar refractivity (Wildman–Crippen MR) is 109 cm³/mol. The second-order valence-electron chi connectivity index (χ2n) is 5.67. The number of carbonyl (C=O) groups is 1. The van der Waals surface area contributed by atoms with E-state index in [1.54, 1.807) is 6.08 Å². The van der Waals surface area contributed by atoms with Gasteiger partial charge >= 0.3 is 0 Å². The molecule has 3 aromatic rings. The molecule has 0 aliphatic rings. The van der Waals surface area contributed by atoms with Crippen molar-refractivity contribution in [2.75, 3.05) is 5.32 Å². The van der Waals surface area contributed by atoms with E-state index in [-0.39, 0.29) is 5.91 Å². The molecule has 0 aliphatic heterocycles. The Morgan fingerprint density at radius 2 is 1.62 bits per heavy atom. The molecule has 0 bridgehead atoms. The first kappa shape index (κ1) is 18.0. The van der Waals surface area contributed by atoms with Crippen LogP contribution < -0.4 is 10.1 Å². The fraction of sp³-hybridized carbons (Fsp3) is 0.0455. The maximum absolute atomic E-state index is 12.0. The van der Waals surface area contributed by atoms with Crippen LogP contribution in [0, 0.1) is 0 Å². The Morgan fingerprint density at radius 1 is 0.923 bits per heavy atom. The second kappa shape index (κ2) is 9.02. The van der Waals surface area contributed by atoms with Gasteiger partial charge in [0.2, 0.25) is 5.91 Å². The van der Waals surface area contributed by atoms with Crippen LogP contribution >= 0.6 is 15.9 Å². The largest absolute Gasteiger partial charge is 0.489 e. The molecule has 3 aromatic carbocycles. The molecule has 0 unspecified atom stereocenters. The van der Waals surface area contributed by atoms with Crippen molar-refractivity contribution in [3.63, 3.8) is 0 Å². The zero-order valence-electron chi connectivity index (χ0n) is 14.1. The summed E-state index contributed by atoms with van der Waals surface area (Å²) in [5.74, 6) is 0.627. The lowest BCUT2D eigenvalue weighted by atomic mass is 10.2. The fourth-order valence-electron chi connectivity index (χ4n) is 2.31. The summed E-state index contributed by atoms with van der Waals surface area (Å²) in [6.07, 6.45) is 3.29. The van der Waals surface area contributed by atoms with Crippen molar-refractivity contribution in [2.45, 2.75) is 6.61 Å². The molecular formula is C22H18BrNO2. The third kappa shape index (κ3) is 5.60. The molecule has 130 valence electrons. The van der Waals surface area contributed by atoms with Crippen molar-refractivity contribution in [3.8, 4) is 5.75 Å². The molecule has 3 nitrogen and oxygen atoms in total. The van der Waals surface area contributed by atoms with Gasteiger partial charge in [-0.3, -0.25) is 4.79 Å². The molecule has 0 saturated heterocycles. The molecule has 0 saturated carbocycles. The van der Waals surface area contributed by atoms with E-state index in [2.05, 4.69) is 21.2 Å². The minimum absolute atomic E-state index is 0.170. The van der Waals surface area contributed by atoms with Gasteiger partial charge < -0.3 is 10.1 Å². The Kier molecular flexibility index (Phi) is 6.23. The molecule has 26 heavy (non-hydrogen) atoms. The highest BCUT2D eigenvalue weighted by Gasteiger charge is 1.99. The Balaban J connectivity index is 1.52. The van der Waals surface area contributed by atoms with Crippen LogP contribution in [-0.4, -0.2) is 5.91 Å². The lowest BCUT2D eigenvalue weighted by Crippen LogP contribution is -2.07. The van der Waals surface area contributed by atoms with Crippen molar-refractivity contribution in [1.82, 2.24) is 0 Å². The number of rotatable bonds is 6. The average molecular weight is 408 g/mol. The number of amides is 1. The molecule has 1 N–H and O–H groups in total. The maximum atomic E-state index is 12.0. The lowest BCUT2D eigenvalue weighted by Gasteiger charge is -2.06. The monoisotopic (exact) mass is 407 g/mol. The highest BCUT2D eigenvalue weighted by atomic mass is 79.9. The summed E-state index contributed by atoms with van der Waals surface area (Å²) in [7, 11) is 0. The van der Waals surface area contributed by atoms with E-state index < -0.39 is 0 Å². The van der Waals surface area contributed by atoms with E-state index in [0.717, 1.165) is 27.0 Å². The third-order valence-corrected chi connectivity index (χ3v) is 4.20. The minimum atomic E-state index is -0.170. The lowest BCUT2D eigenvalue weighted by molar-refractivity contribution is -0.111. The van der Waals surface area contributed by atoms with Gasteiger partial charge in [-0.1, -0.05) is 58.4 Å². The number of benzene rings is 3. The van der Waals surface area contributed by atoms with Gasteiger partial charge in [0.25, 0.3) is 0 Å². The highest BCUT2D eigenvalue weighted by Crippen LogP contribution is 2.16. The highest BCUT2D eigenvalue weighted by molar-refractivity contribution is 9.10. The van der Waals surface area contributed by atoms with Crippen LogP contribution in [0.5, 0.6) is 5.75 Å². The number of anilines is 1.